The van der Waals surface area contributed by atoms with Crippen LogP contribution in [0.2, 0.25) is 0 Å². The number of halogens is 4. The van der Waals surface area contributed by atoms with Gasteiger partial charge < -0.3 is 10.2 Å². The predicted octanol–water partition coefficient (Wildman–Crippen LogP) is 4.99. The highest BCUT2D eigenvalue weighted by molar-refractivity contribution is 6.00. The first-order valence-electron chi connectivity index (χ1n) is 12.7. The van der Waals surface area contributed by atoms with Crippen molar-refractivity contribution in [2.45, 2.75) is 32.0 Å². The van der Waals surface area contributed by atoms with Gasteiger partial charge in [0.25, 0.3) is 5.91 Å². The zero-order chi connectivity index (χ0) is 30.4. The molecule has 1 unspecified atom stereocenters. The number of aryl methyl sites for hydroxylation is 1. The summed E-state index contributed by atoms with van der Waals surface area (Å²) in [4.78, 5) is 36.5. The molecular weight excluding hydrogens is 552 g/mol. The van der Waals surface area contributed by atoms with E-state index in [2.05, 4.69) is 33.7 Å². The lowest BCUT2D eigenvalue weighted by molar-refractivity contribution is -0.137. The number of carbonyl (C=O) groups excluding carboxylic acids is 2. The lowest BCUT2D eigenvalue weighted by Crippen LogP contribution is -2.47. The second-order valence-electron chi connectivity index (χ2n) is 9.30. The molecule has 0 saturated carbocycles. The molecule has 1 atom stereocenters. The average Bonchev–Trinajstić information content (AvgIpc) is 3.45. The van der Waals surface area contributed by atoms with Crippen LogP contribution in [0.3, 0.4) is 0 Å². The van der Waals surface area contributed by atoms with Gasteiger partial charge in [0.1, 0.15) is 35.1 Å². The first-order valence-corrected chi connectivity index (χ1v) is 12.7. The summed E-state index contributed by atoms with van der Waals surface area (Å²) >= 11 is 0. The predicted molar refractivity (Wildman–Crippen MR) is 148 cm³/mol. The smallest absolute Gasteiger partial charge is 0.343 e. The van der Waals surface area contributed by atoms with Crippen LogP contribution in [0.25, 0.3) is 0 Å². The molecule has 8 nitrogen and oxygen atoms in total. The van der Waals surface area contributed by atoms with Gasteiger partial charge in [0.15, 0.2) is 0 Å². The van der Waals surface area contributed by atoms with E-state index < -0.39 is 41.0 Å². The topological polar surface area (TPSA) is 102 Å². The van der Waals surface area contributed by atoms with Crippen molar-refractivity contribution in [2.75, 3.05) is 28.2 Å². The van der Waals surface area contributed by atoms with E-state index in [0.29, 0.717) is 24.1 Å². The van der Waals surface area contributed by atoms with E-state index in [-0.39, 0.29) is 30.4 Å². The number of hydrogen-bond donors (Lipinski definition) is 1. The zero-order valence-corrected chi connectivity index (χ0v) is 22.4. The van der Waals surface area contributed by atoms with Crippen molar-refractivity contribution in [3.05, 3.63) is 89.5 Å². The van der Waals surface area contributed by atoms with Gasteiger partial charge in [-0.2, -0.15) is 18.4 Å². The van der Waals surface area contributed by atoms with Crippen LogP contribution in [-0.2, 0) is 15.8 Å². The van der Waals surface area contributed by atoms with Crippen LogP contribution in [-0.4, -0.2) is 40.9 Å². The molecule has 1 aliphatic rings. The molecule has 214 valence electrons. The number of benzene rings is 1. The number of nitrogens with zero attached hydrogens (tertiary/aromatic N) is 5. The number of carbonyl (C=O) groups is 2. The number of nitriles is 1. The van der Waals surface area contributed by atoms with Crippen LogP contribution in [0.5, 0.6) is 0 Å². The van der Waals surface area contributed by atoms with Gasteiger partial charge in [0.2, 0.25) is 5.91 Å². The number of anilines is 3. The van der Waals surface area contributed by atoms with Crippen molar-refractivity contribution in [2.24, 2.45) is 0 Å². The normalized spacial score (nSPS) is 14.4. The van der Waals surface area contributed by atoms with Gasteiger partial charge in [-0.15, -0.1) is 0 Å². The van der Waals surface area contributed by atoms with Crippen LogP contribution in [0.15, 0.2) is 61.3 Å². The summed E-state index contributed by atoms with van der Waals surface area (Å²) in [5.74, 6) is 4.36. The summed E-state index contributed by atoms with van der Waals surface area (Å²) in [5.41, 5.74) is -0.909. The summed E-state index contributed by atoms with van der Waals surface area (Å²) in [6, 6.07) is 9.78. The minimum atomic E-state index is -4.79. The van der Waals surface area contributed by atoms with Gasteiger partial charge >= 0.3 is 6.18 Å². The fraction of sp³-hybridized carbons (Fsp3) is 0.233. The van der Waals surface area contributed by atoms with Gasteiger partial charge in [-0.25, -0.2) is 14.4 Å². The Morgan fingerprint density at radius 2 is 1.98 bits per heavy atom. The van der Waals surface area contributed by atoms with Crippen molar-refractivity contribution in [3.8, 4) is 17.9 Å². The first-order chi connectivity index (χ1) is 20.0. The van der Waals surface area contributed by atoms with Crippen LogP contribution in [0.1, 0.15) is 35.2 Å². The third-order valence-electron chi connectivity index (χ3n) is 6.43. The van der Waals surface area contributed by atoms with Gasteiger partial charge in [0.05, 0.1) is 12.1 Å². The molecule has 4 rings (SSSR count). The number of pyridine rings is 2. The van der Waals surface area contributed by atoms with Crippen molar-refractivity contribution in [1.29, 1.82) is 5.26 Å². The number of nitrogens with one attached hydrogen (secondary N) is 1. The Morgan fingerprint density at radius 1 is 1.24 bits per heavy atom. The Bertz CT molecular complexity index is 1620. The molecular formula is C30H24F4N6O2. The van der Waals surface area contributed by atoms with Crippen molar-refractivity contribution in [3.63, 3.8) is 0 Å². The minimum Gasteiger partial charge on any atom is -0.343 e. The summed E-state index contributed by atoms with van der Waals surface area (Å²) in [6.07, 6.45) is -1.49. The number of aromatic nitrogens is 2. The summed E-state index contributed by atoms with van der Waals surface area (Å²) < 4.78 is 55.0. The van der Waals surface area contributed by atoms with Crippen molar-refractivity contribution < 1.29 is 27.2 Å². The van der Waals surface area contributed by atoms with E-state index in [1.165, 1.54) is 53.3 Å². The SMILES string of the molecule is C=CC(=O)Nc1cc(C#CCN(C(=O)C2CCCN2c2nc(C)cc(C(F)(F)F)c2C#N)c2ccc(F)cc2)ccn1. The third-order valence-corrected chi connectivity index (χ3v) is 6.43. The highest BCUT2D eigenvalue weighted by Crippen LogP contribution is 2.38. The zero-order valence-electron chi connectivity index (χ0n) is 22.4. The lowest BCUT2D eigenvalue weighted by atomic mass is 10.1. The summed E-state index contributed by atoms with van der Waals surface area (Å²) in [6.45, 7) is 4.83. The largest absolute Gasteiger partial charge is 0.417 e. The molecule has 1 saturated heterocycles. The van der Waals surface area contributed by atoms with Gasteiger partial charge in [-0.05, 0) is 68.3 Å². The maximum Gasteiger partial charge on any atom is 0.417 e. The summed E-state index contributed by atoms with van der Waals surface area (Å²) in [5, 5.41) is 12.2. The second-order valence-corrected chi connectivity index (χ2v) is 9.30. The van der Waals surface area contributed by atoms with Crippen LogP contribution < -0.4 is 15.1 Å². The van der Waals surface area contributed by atoms with Crippen LogP contribution >= 0.6 is 0 Å². The van der Waals surface area contributed by atoms with E-state index in [0.717, 1.165) is 12.1 Å². The number of alkyl halides is 3. The number of rotatable bonds is 6. The van der Waals surface area contributed by atoms with Crippen LogP contribution in [0, 0.1) is 35.9 Å². The van der Waals surface area contributed by atoms with E-state index >= 15 is 0 Å². The Labute approximate surface area is 239 Å². The molecule has 12 heteroatoms. The quantitative estimate of drug-likeness (QED) is 0.252. The molecule has 0 spiro atoms. The fourth-order valence-electron chi connectivity index (χ4n) is 4.55. The molecule has 0 aliphatic carbocycles. The molecule has 2 aromatic heterocycles. The molecule has 3 heterocycles. The molecule has 0 bridgehead atoms. The highest BCUT2D eigenvalue weighted by atomic mass is 19.4. The molecule has 0 radical (unpaired) electrons. The first kappa shape index (κ1) is 29.7. The minimum absolute atomic E-state index is 0.0525. The van der Waals surface area contributed by atoms with E-state index in [4.69, 9.17) is 0 Å². The monoisotopic (exact) mass is 576 g/mol. The Morgan fingerprint density at radius 3 is 2.64 bits per heavy atom. The molecule has 1 fully saturated rings. The maximum atomic E-state index is 14.0. The molecule has 2 amide bonds. The molecule has 1 N–H and O–H groups in total. The van der Waals surface area contributed by atoms with E-state index in [1.54, 1.807) is 12.1 Å². The van der Waals surface area contributed by atoms with Crippen molar-refractivity contribution in [1.82, 2.24) is 9.97 Å². The fourth-order valence-corrected chi connectivity index (χ4v) is 4.55. The third kappa shape index (κ3) is 6.73. The molecule has 1 aliphatic heterocycles. The lowest BCUT2D eigenvalue weighted by Gasteiger charge is -2.31. The Kier molecular flexibility index (Phi) is 8.87. The van der Waals surface area contributed by atoms with E-state index in [1.807, 2.05) is 0 Å². The maximum absolute atomic E-state index is 14.0. The van der Waals surface area contributed by atoms with Gasteiger partial charge in [-0.3, -0.25) is 14.5 Å². The number of hydrogen-bond acceptors (Lipinski definition) is 6. The van der Waals surface area contributed by atoms with Gasteiger partial charge in [0, 0.05) is 29.7 Å². The average molecular weight is 577 g/mol. The van der Waals surface area contributed by atoms with Crippen molar-refractivity contribution >= 4 is 29.1 Å². The molecule has 3 aromatic rings. The van der Waals surface area contributed by atoms with E-state index in [9.17, 15) is 32.4 Å². The second kappa shape index (κ2) is 12.5. The molecule has 1 aromatic carbocycles. The van der Waals surface area contributed by atoms with Gasteiger partial charge in [-0.1, -0.05) is 18.4 Å². The summed E-state index contributed by atoms with van der Waals surface area (Å²) in [7, 11) is 0. The van der Waals surface area contributed by atoms with Crippen LogP contribution in [0.4, 0.5) is 34.9 Å². The number of amides is 2. The standard InChI is InChI=1S/C30H24F4N6O2/c1-3-27(41)38-26-17-20(12-13-36-26)6-4-14-39(22-10-8-21(31)9-11-22)29(42)25-7-5-15-40(25)28-23(18-35)24(30(32,33)34)16-19(2)37-28/h3,8-13,16-17,25H,1,5,7,14-15H2,2H3,(H,36,38,41). The molecule has 42 heavy (non-hydrogen) atoms. The Balaban J connectivity index is 1.68. The Hall–Kier alpha value is -5.23. The highest BCUT2D eigenvalue weighted by Gasteiger charge is 2.40.